The first-order valence-corrected chi connectivity index (χ1v) is 5.54. The summed E-state index contributed by atoms with van der Waals surface area (Å²) in [6.45, 7) is 7.86. The summed E-state index contributed by atoms with van der Waals surface area (Å²) in [6.07, 6.45) is 1.67. The van der Waals surface area contributed by atoms with E-state index in [1.165, 1.54) is 0 Å². The second-order valence-electron chi connectivity index (χ2n) is 5.28. The van der Waals surface area contributed by atoms with Crippen LogP contribution in [-0.2, 0) is 4.74 Å². The Labute approximate surface area is 92.0 Å². The lowest BCUT2D eigenvalue weighted by Crippen LogP contribution is -2.44. The Morgan fingerprint density at radius 3 is 2.33 bits per heavy atom. The number of carbonyl (C=O) groups excluding carboxylic acids is 1. The Morgan fingerprint density at radius 1 is 1.33 bits per heavy atom. The van der Waals surface area contributed by atoms with E-state index in [-0.39, 0.29) is 17.7 Å². The Kier molecular flexibility index (Phi) is 3.97. The van der Waals surface area contributed by atoms with E-state index >= 15 is 0 Å². The zero-order chi connectivity index (χ0) is 11.5. The molecule has 88 valence electrons. The highest BCUT2D eigenvalue weighted by Crippen LogP contribution is 2.12. The Bertz CT molecular complexity index is 215. The zero-order valence-electron chi connectivity index (χ0n) is 10.2. The average molecular weight is 214 g/mol. The van der Waals surface area contributed by atoms with Crippen molar-refractivity contribution in [2.45, 2.75) is 45.3 Å². The summed E-state index contributed by atoms with van der Waals surface area (Å²) < 4.78 is 5.34. The maximum Gasteiger partial charge on any atom is 0.407 e. The summed E-state index contributed by atoms with van der Waals surface area (Å²) in [7, 11) is 2.09. The third-order valence-electron chi connectivity index (χ3n) is 2.42. The molecule has 0 saturated carbocycles. The number of hydrogen-bond donors (Lipinski definition) is 1. The van der Waals surface area contributed by atoms with Crippen molar-refractivity contribution in [1.29, 1.82) is 0 Å². The molecule has 0 aromatic heterocycles. The van der Waals surface area contributed by atoms with Gasteiger partial charge in [-0.15, -0.1) is 0 Å². The minimum atomic E-state index is -0.294. The van der Waals surface area contributed by atoms with E-state index < -0.39 is 0 Å². The van der Waals surface area contributed by atoms with Crippen LogP contribution in [0.15, 0.2) is 0 Å². The molecule has 1 aliphatic rings. The van der Waals surface area contributed by atoms with Gasteiger partial charge in [0.2, 0.25) is 0 Å². The van der Waals surface area contributed by atoms with E-state index in [1.807, 2.05) is 20.8 Å². The number of ether oxygens (including phenoxy) is 1. The quantitative estimate of drug-likeness (QED) is 0.721. The largest absolute Gasteiger partial charge is 0.446 e. The van der Waals surface area contributed by atoms with E-state index in [4.69, 9.17) is 4.74 Å². The molecule has 1 amide bonds. The van der Waals surface area contributed by atoms with Crippen LogP contribution < -0.4 is 5.32 Å². The highest BCUT2D eigenvalue weighted by Gasteiger charge is 2.22. The van der Waals surface area contributed by atoms with Crippen LogP contribution in [0.25, 0.3) is 0 Å². The van der Waals surface area contributed by atoms with E-state index in [0.717, 1.165) is 25.9 Å². The smallest absolute Gasteiger partial charge is 0.407 e. The molecule has 0 aromatic rings. The Morgan fingerprint density at radius 2 is 1.87 bits per heavy atom. The second-order valence-corrected chi connectivity index (χ2v) is 5.28. The number of rotatable bonds is 1. The number of amides is 1. The zero-order valence-corrected chi connectivity index (χ0v) is 10.2. The van der Waals surface area contributed by atoms with Crippen molar-refractivity contribution in [2.24, 2.45) is 0 Å². The van der Waals surface area contributed by atoms with Crippen molar-refractivity contribution < 1.29 is 9.53 Å². The number of nitrogens with zero attached hydrogens (tertiary/aromatic N) is 1. The minimum absolute atomic E-state index is 0.0866. The normalized spacial score (nSPS) is 20.0. The molecule has 0 atom stereocenters. The maximum atomic E-state index is 11.5. The van der Waals surface area contributed by atoms with Gasteiger partial charge in [0.15, 0.2) is 0 Å². The van der Waals surface area contributed by atoms with Crippen LogP contribution >= 0.6 is 0 Å². The predicted octanol–water partition coefficient (Wildman–Crippen LogP) is 1.61. The molecule has 0 unspecified atom stereocenters. The first-order chi connectivity index (χ1) is 6.87. The summed E-state index contributed by atoms with van der Waals surface area (Å²) in [6, 6.07) is 0. The first kappa shape index (κ1) is 12.3. The molecule has 1 saturated heterocycles. The number of piperidine rings is 1. The minimum Gasteiger partial charge on any atom is -0.446 e. The maximum absolute atomic E-state index is 11.5. The second kappa shape index (κ2) is 4.84. The van der Waals surface area contributed by atoms with Gasteiger partial charge in [0.1, 0.15) is 6.10 Å². The fraction of sp³-hybridized carbons (Fsp3) is 0.909. The van der Waals surface area contributed by atoms with Crippen LogP contribution in [0.5, 0.6) is 0 Å². The standard InChI is InChI=1S/C11H22N2O2/c1-11(2,3)12-10(14)15-9-5-7-13(4)8-6-9/h9H,5-8H2,1-4H3,(H,12,14). The molecule has 1 fully saturated rings. The van der Waals surface area contributed by atoms with E-state index in [1.54, 1.807) is 0 Å². The average Bonchev–Trinajstić information content (AvgIpc) is 2.05. The molecule has 4 nitrogen and oxygen atoms in total. The monoisotopic (exact) mass is 214 g/mol. The van der Waals surface area contributed by atoms with Crippen LogP contribution in [0, 0.1) is 0 Å². The van der Waals surface area contributed by atoms with Crippen LogP contribution in [0.2, 0.25) is 0 Å². The van der Waals surface area contributed by atoms with Gasteiger partial charge in [-0.05, 0) is 40.7 Å². The summed E-state index contributed by atoms with van der Waals surface area (Å²) >= 11 is 0. The van der Waals surface area contributed by atoms with Crippen molar-refractivity contribution in [2.75, 3.05) is 20.1 Å². The summed E-state index contributed by atoms with van der Waals surface area (Å²) in [5.41, 5.74) is -0.220. The third-order valence-corrected chi connectivity index (χ3v) is 2.42. The van der Waals surface area contributed by atoms with Gasteiger partial charge in [-0.3, -0.25) is 0 Å². The predicted molar refractivity (Wildman–Crippen MR) is 59.9 cm³/mol. The molecule has 0 spiro atoms. The van der Waals surface area contributed by atoms with E-state index in [2.05, 4.69) is 17.3 Å². The van der Waals surface area contributed by atoms with Gasteiger partial charge >= 0.3 is 6.09 Å². The van der Waals surface area contributed by atoms with Crippen molar-refractivity contribution in [3.8, 4) is 0 Å². The van der Waals surface area contributed by atoms with Crippen molar-refractivity contribution in [3.05, 3.63) is 0 Å². The number of alkyl carbamates (subject to hydrolysis) is 1. The molecule has 0 radical (unpaired) electrons. The van der Waals surface area contributed by atoms with Crippen LogP contribution in [-0.4, -0.2) is 42.8 Å². The summed E-state index contributed by atoms with van der Waals surface area (Å²) in [4.78, 5) is 13.7. The summed E-state index contributed by atoms with van der Waals surface area (Å²) in [5, 5.41) is 2.80. The molecule has 1 rings (SSSR count). The van der Waals surface area contributed by atoms with Crippen molar-refractivity contribution in [1.82, 2.24) is 10.2 Å². The van der Waals surface area contributed by atoms with Gasteiger partial charge in [0.25, 0.3) is 0 Å². The highest BCUT2D eigenvalue weighted by atomic mass is 16.6. The Hall–Kier alpha value is -0.770. The molecule has 15 heavy (non-hydrogen) atoms. The molecular formula is C11H22N2O2. The molecule has 0 bridgehead atoms. The van der Waals surface area contributed by atoms with Gasteiger partial charge in [-0.1, -0.05) is 0 Å². The number of hydrogen-bond acceptors (Lipinski definition) is 3. The van der Waals surface area contributed by atoms with Crippen LogP contribution in [0.3, 0.4) is 0 Å². The van der Waals surface area contributed by atoms with Gasteiger partial charge in [0, 0.05) is 18.6 Å². The lowest BCUT2D eigenvalue weighted by Gasteiger charge is -2.29. The SMILES string of the molecule is CN1CCC(OC(=O)NC(C)(C)C)CC1. The van der Waals surface area contributed by atoms with Crippen LogP contribution in [0.1, 0.15) is 33.6 Å². The van der Waals surface area contributed by atoms with Crippen LogP contribution in [0.4, 0.5) is 4.79 Å². The molecular weight excluding hydrogens is 192 g/mol. The van der Waals surface area contributed by atoms with Crippen molar-refractivity contribution in [3.63, 3.8) is 0 Å². The molecule has 1 N–H and O–H groups in total. The van der Waals surface area contributed by atoms with E-state index in [9.17, 15) is 4.79 Å². The van der Waals surface area contributed by atoms with Gasteiger partial charge in [-0.25, -0.2) is 4.79 Å². The third kappa shape index (κ3) is 5.02. The molecule has 1 aliphatic heterocycles. The molecule has 4 heteroatoms. The number of likely N-dealkylation sites (tertiary alicyclic amines) is 1. The molecule has 0 aromatic carbocycles. The van der Waals surface area contributed by atoms with Gasteiger partial charge in [0.05, 0.1) is 0 Å². The van der Waals surface area contributed by atoms with E-state index in [0.29, 0.717) is 0 Å². The lowest BCUT2D eigenvalue weighted by molar-refractivity contribution is 0.0532. The lowest BCUT2D eigenvalue weighted by atomic mass is 10.1. The summed E-state index contributed by atoms with van der Waals surface area (Å²) in [5.74, 6) is 0. The highest BCUT2D eigenvalue weighted by molar-refractivity contribution is 5.68. The Balaban J connectivity index is 2.27. The topological polar surface area (TPSA) is 41.6 Å². The number of carbonyl (C=O) groups is 1. The molecule has 1 heterocycles. The number of nitrogens with one attached hydrogen (secondary N) is 1. The van der Waals surface area contributed by atoms with Crippen molar-refractivity contribution >= 4 is 6.09 Å². The molecule has 0 aliphatic carbocycles. The van der Waals surface area contributed by atoms with Gasteiger partial charge < -0.3 is 15.0 Å². The fourth-order valence-electron chi connectivity index (χ4n) is 1.59. The first-order valence-electron chi connectivity index (χ1n) is 5.54. The fourth-order valence-corrected chi connectivity index (χ4v) is 1.59. The van der Waals surface area contributed by atoms with Gasteiger partial charge in [-0.2, -0.15) is 0 Å².